The van der Waals surface area contributed by atoms with Gasteiger partial charge in [0.25, 0.3) is 5.91 Å². The summed E-state index contributed by atoms with van der Waals surface area (Å²) < 4.78 is 5.05. The molecule has 1 amide bonds. The minimum Gasteiger partial charge on any atom is -0.508 e. The highest BCUT2D eigenvalue weighted by Gasteiger charge is 2.32. The van der Waals surface area contributed by atoms with Crippen molar-refractivity contribution in [2.24, 2.45) is 0 Å². The van der Waals surface area contributed by atoms with Crippen molar-refractivity contribution >= 4 is 5.91 Å². The van der Waals surface area contributed by atoms with Crippen molar-refractivity contribution in [3.05, 3.63) is 23.8 Å². The number of phenols is 2. The van der Waals surface area contributed by atoms with E-state index < -0.39 is 11.5 Å². The number of hydrogen-bond acceptors (Lipinski definition) is 5. The molecule has 0 aliphatic carbocycles. The second-order valence-electron chi connectivity index (χ2n) is 4.41. The predicted molar refractivity (Wildman–Crippen MR) is 62.5 cm³/mol. The van der Waals surface area contributed by atoms with Gasteiger partial charge in [0, 0.05) is 25.6 Å². The smallest absolute Gasteiger partial charge is 0.255 e. The average molecular weight is 253 g/mol. The van der Waals surface area contributed by atoms with Gasteiger partial charge in [-0.25, -0.2) is 0 Å². The summed E-state index contributed by atoms with van der Waals surface area (Å²) >= 11 is 0. The molecule has 4 N–H and O–H groups in total. The number of aromatic hydroxyl groups is 2. The number of phenolic OH excluding ortho intramolecular Hbond substituents is 2. The number of nitrogens with one attached hydrogen (secondary N) is 1. The Morgan fingerprint density at radius 1 is 1.44 bits per heavy atom. The van der Waals surface area contributed by atoms with Crippen molar-refractivity contribution in [3.8, 4) is 11.5 Å². The fourth-order valence-corrected chi connectivity index (χ4v) is 1.79. The van der Waals surface area contributed by atoms with Crippen LogP contribution in [0.1, 0.15) is 16.8 Å². The third-order valence-corrected chi connectivity index (χ3v) is 2.89. The highest BCUT2D eigenvalue weighted by atomic mass is 16.5. The lowest BCUT2D eigenvalue weighted by Gasteiger charge is -2.20. The van der Waals surface area contributed by atoms with E-state index >= 15 is 0 Å². The molecular formula is C12H15NO5. The molecule has 1 aromatic carbocycles. The number of amides is 1. The third-order valence-electron chi connectivity index (χ3n) is 2.89. The van der Waals surface area contributed by atoms with Gasteiger partial charge >= 0.3 is 0 Å². The molecule has 1 fully saturated rings. The second kappa shape index (κ2) is 4.83. The van der Waals surface area contributed by atoms with E-state index in [0.717, 1.165) is 6.07 Å². The summed E-state index contributed by atoms with van der Waals surface area (Å²) in [5.41, 5.74) is -0.988. The molecule has 0 saturated carbocycles. The largest absolute Gasteiger partial charge is 0.508 e. The molecule has 1 aliphatic rings. The van der Waals surface area contributed by atoms with Crippen molar-refractivity contribution in [3.63, 3.8) is 0 Å². The van der Waals surface area contributed by atoms with Crippen LogP contribution >= 0.6 is 0 Å². The van der Waals surface area contributed by atoms with Crippen molar-refractivity contribution in [1.82, 2.24) is 5.32 Å². The number of aliphatic hydroxyl groups is 1. The number of rotatable bonds is 3. The Hall–Kier alpha value is -1.79. The van der Waals surface area contributed by atoms with Crippen molar-refractivity contribution < 1.29 is 24.9 Å². The van der Waals surface area contributed by atoms with Gasteiger partial charge < -0.3 is 25.4 Å². The molecule has 1 heterocycles. The molecular weight excluding hydrogens is 238 g/mol. The number of carbonyl (C=O) groups is 1. The maximum atomic E-state index is 11.8. The molecule has 1 saturated heterocycles. The van der Waals surface area contributed by atoms with Crippen LogP contribution in [0.25, 0.3) is 0 Å². The van der Waals surface area contributed by atoms with Crippen LogP contribution in [0.5, 0.6) is 11.5 Å². The lowest BCUT2D eigenvalue weighted by Crippen LogP contribution is -2.43. The van der Waals surface area contributed by atoms with E-state index in [9.17, 15) is 15.0 Å². The Balaban J connectivity index is 1.99. The highest BCUT2D eigenvalue weighted by Crippen LogP contribution is 2.23. The van der Waals surface area contributed by atoms with E-state index in [4.69, 9.17) is 9.84 Å². The lowest BCUT2D eigenvalue weighted by molar-refractivity contribution is 0.0264. The van der Waals surface area contributed by atoms with E-state index in [-0.39, 0.29) is 30.2 Å². The van der Waals surface area contributed by atoms with Gasteiger partial charge in [-0.3, -0.25) is 4.79 Å². The van der Waals surface area contributed by atoms with Crippen LogP contribution in [-0.2, 0) is 4.74 Å². The molecule has 0 aromatic heterocycles. The van der Waals surface area contributed by atoms with E-state index in [1.807, 2.05) is 0 Å². The summed E-state index contributed by atoms with van der Waals surface area (Å²) in [7, 11) is 0. The molecule has 1 unspecified atom stereocenters. The molecule has 18 heavy (non-hydrogen) atoms. The van der Waals surface area contributed by atoms with Gasteiger partial charge in [-0.05, 0) is 12.1 Å². The first-order valence-corrected chi connectivity index (χ1v) is 5.60. The molecule has 0 bridgehead atoms. The first kappa shape index (κ1) is 12.7. The van der Waals surface area contributed by atoms with Gasteiger partial charge in [0.1, 0.15) is 17.1 Å². The number of carbonyl (C=O) groups excluding carboxylic acids is 1. The summed E-state index contributed by atoms with van der Waals surface area (Å²) in [6.45, 7) is 0.720. The normalized spacial score (nSPS) is 22.9. The second-order valence-corrected chi connectivity index (χ2v) is 4.41. The van der Waals surface area contributed by atoms with Gasteiger partial charge in [-0.15, -0.1) is 0 Å². The summed E-state index contributed by atoms with van der Waals surface area (Å²) in [6, 6.07) is 3.71. The average Bonchev–Trinajstić information content (AvgIpc) is 2.74. The topological polar surface area (TPSA) is 99.0 Å². The van der Waals surface area contributed by atoms with Crippen molar-refractivity contribution in [2.75, 3.05) is 19.8 Å². The number of benzene rings is 1. The van der Waals surface area contributed by atoms with Gasteiger partial charge in [0.15, 0.2) is 0 Å². The predicted octanol–water partition coefficient (Wildman–Crippen LogP) is -0.0210. The highest BCUT2D eigenvalue weighted by molar-refractivity contribution is 5.97. The molecule has 98 valence electrons. The van der Waals surface area contributed by atoms with E-state index in [1.165, 1.54) is 12.1 Å². The molecule has 1 aliphatic heterocycles. The Kier molecular flexibility index (Phi) is 3.40. The minimum absolute atomic E-state index is 0.0512. The van der Waals surface area contributed by atoms with Gasteiger partial charge in [0.05, 0.1) is 12.2 Å². The maximum absolute atomic E-state index is 11.8. The van der Waals surface area contributed by atoms with Crippen LogP contribution in [0.15, 0.2) is 18.2 Å². The van der Waals surface area contributed by atoms with E-state index in [1.54, 1.807) is 0 Å². The fourth-order valence-electron chi connectivity index (χ4n) is 1.79. The van der Waals surface area contributed by atoms with Crippen molar-refractivity contribution in [2.45, 2.75) is 12.0 Å². The van der Waals surface area contributed by atoms with Crippen LogP contribution < -0.4 is 5.32 Å². The zero-order valence-electron chi connectivity index (χ0n) is 9.72. The van der Waals surface area contributed by atoms with Crippen LogP contribution in [0.4, 0.5) is 0 Å². The molecule has 6 nitrogen and oxygen atoms in total. The zero-order valence-corrected chi connectivity index (χ0v) is 9.72. The van der Waals surface area contributed by atoms with Crippen LogP contribution in [0, 0.1) is 0 Å². The van der Waals surface area contributed by atoms with Crippen LogP contribution in [0.2, 0.25) is 0 Å². The number of ether oxygens (including phenoxy) is 1. The molecule has 2 rings (SSSR count). The minimum atomic E-state index is -1.04. The van der Waals surface area contributed by atoms with E-state index in [0.29, 0.717) is 13.0 Å². The standard InChI is InChI=1S/C12H15NO5/c14-8-1-2-9(10(15)5-8)11(16)13-6-12(17)3-4-18-7-12/h1-2,5,14-15,17H,3-4,6-7H2,(H,13,16). The fraction of sp³-hybridized carbons (Fsp3) is 0.417. The van der Waals surface area contributed by atoms with Crippen molar-refractivity contribution in [1.29, 1.82) is 0 Å². The Labute approximate surface area is 104 Å². The van der Waals surface area contributed by atoms with Crippen LogP contribution in [0.3, 0.4) is 0 Å². The molecule has 0 spiro atoms. The van der Waals surface area contributed by atoms with Gasteiger partial charge in [0.2, 0.25) is 0 Å². The Bertz CT molecular complexity index is 454. The molecule has 1 aromatic rings. The summed E-state index contributed by atoms with van der Waals surface area (Å²) in [5, 5.41) is 31.1. The lowest BCUT2D eigenvalue weighted by atomic mass is 10.0. The maximum Gasteiger partial charge on any atom is 0.255 e. The first-order chi connectivity index (χ1) is 8.50. The molecule has 1 atom stereocenters. The van der Waals surface area contributed by atoms with Crippen LogP contribution in [-0.4, -0.2) is 46.6 Å². The monoisotopic (exact) mass is 253 g/mol. The SMILES string of the molecule is O=C(NCC1(O)CCOC1)c1ccc(O)cc1O. The number of hydrogen-bond donors (Lipinski definition) is 4. The summed E-state index contributed by atoms with van der Waals surface area (Å²) in [5.74, 6) is -0.929. The summed E-state index contributed by atoms with van der Waals surface area (Å²) in [4.78, 5) is 11.8. The van der Waals surface area contributed by atoms with Gasteiger partial charge in [-0.2, -0.15) is 0 Å². The summed E-state index contributed by atoms with van der Waals surface area (Å²) in [6.07, 6.45) is 0.467. The molecule has 6 heteroatoms. The Morgan fingerprint density at radius 3 is 2.83 bits per heavy atom. The zero-order chi connectivity index (χ0) is 13.2. The first-order valence-electron chi connectivity index (χ1n) is 5.60. The third kappa shape index (κ3) is 2.72. The molecule has 0 radical (unpaired) electrons. The quantitative estimate of drug-likeness (QED) is 0.606. The van der Waals surface area contributed by atoms with Gasteiger partial charge in [-0.1, -0.05) is 0 Å². The van der Waals surface area contributed by atoms with E-state index in [2.05, 4.69) is 5.32 Å². The Morgan fingerprint density at radius 2 is 2.22 bits per heavy atom.